The second-order valence-electron chi connectivity index (χ2n) is 3.82. The molecule has 0 aliphatic heterocycles. The van der Waals surface area contributed by atoms with Gasteiger partial charge in [0.05, 0.1) is 17.8 Å². The highest BCUT2D eigenvalue weighted by atomic mass is 35.5. The molecule has 1 N–H and O–H groups in total. The van der Waals surface area contributed by atoms with Crippen molar-refractivity contribution in [3.8, 4) is 17.0 Å². The first kappa shape index (κ1) is 13.3. The molecule has 1 aromatic heterocycles. The predicted octanol–water partition coefficient (Wildman–Crippen LogP) is 3.23. The lowest BCUT2D eigenvalue weighted by Gasteiger charge is -2.06. The molecule has 0 amide bonds. The van der Waals surface area contributed by atoms with Crippen LogP contribution in [0.25, 0.3) is 11.3 Å². The van der Waals surface area contributed by atoms with Crippen LogP contribution >= 0.6 is 22.9 Å². The third-order valence-corrected chi connectivity index (χ3v) is 3.72. The lowest BCUT2D eigenvalue weighted by Crippen LogP contribution is -2.09. The van der Waals surface area contributed by atoms with Crippen LogP contribution in [0.1, 0.15) is 5.01 Å². The first-order chi connectivity index (χ1) is 8.74. The normalized spacial score (nSPS) is 10.6. The molecule has 5 heteroatoms. The molecule has 18 heavy (non-hydrogen) atoms. The van der Waals surface area contributed by atoms with Gasteiger partial charge in [-0.2, -0.15) is 0 Å². The minimum atomic E-state index is 0.690. The molecule has 2 rings (SSSR count). The second-order valence-corrected chi connectivity index (χ2v) is 5.20. The molecule has 0 aliphatic carbocycles. The van der Waals surface area contributed by atoms with Gasteiger partial charge in [-0.1, -0.05) is 11.6 Å². The average Bonchev–Trinajstić information content (AvgIpc) is 2.85. The third kappa shape index (κ3) is 3.02. The van der Waals surface area contributed by atoms with E-state index in [1.165, 1.54) is 0 Å². The molecular formula is C13H15ClN2OS. The van der Waals surface area contributed by atoms with Gasteiger partial charge in [0.15, 0.2) is 0 Å². The van der Waals surface area contributed by atoms with Crippen molar-refractivity contribution in [2.24, 2.45) is 0 Å². The Labute approximate surface area is 116 Å². The Hall–Kier alpha value is -1.10. The summed E-state index contributed by atoms with van der Waals surface area (Å²) >= 11 is 7.68. The summed E-state index contributed by atoms with van der Waals surface area (Å²) in [5, 5.41) is 6.96. The van der Waals surface area contributed by atoms with E-state index in [1.807, 2.05) is 30.6 Å². The summed E-state index contributed by atoms with van der Waals surface area (Å²) < 4.78 is 5.34. The van der Waals surface area contributed by atoms with Gasteiger partial charge in [-0.3, -0.25) is 0 Å². The Morgan fingerprint density at radius 1 is 1.44 bits per heavy atom. The number of halogens is 1. The first-order valence-corrected chi connectivity index (χ1v) is 6.93. The number of methoxy groups -OCH3 is 1. The molecule has 0 radical (unpaired) electrons. The van der Waals surface area contributed by atoms with E-state index in [0.29, 0.717) is 5.02 Å². The summed E-state index contributed by atoms with van der Waals surface area (Å²) in [5.74, 6) is 0.796. The summed E-state index contributed by atoms with van der Waals surface area (Å²) in [6.45, 7) is 0.930. The molecule has 2 aromatic rings. The maximum Gasteiger partial charge on any atom is 0.128 e. The van der Waals surface area contributed by atoms with Gasteiger partial charge in [-0.25, -0.2) is 4.98 Å². The standard InChI is InChI=1S/C13H15ClN2OS/c1-15-6-5-13-16-11(8-18-13)10-7-9(14)3-4-12(10)17-2/h3-4,7-8,15H,5-6H2,1-2H3. The maximum absolute atomic E-state index is 6.02. The number of hydrogen-bond donors (Lipinski definition) is 1. The Morgan fingerprint density at radius 2 is 2.28 bits per heavy atom. The van der Waals surface area contributed by atoms with E-state index in [9.17, 15) is 0 Å². The fourth-order valence-corrected chi connectivity index (χ4v) is 2.63. The van der Waals surface area contributed by atoms with Gasteiger partial charge in [-0.15, -0.1) is 11.3 Å². The van der Waals surface area contributed by atoms with Crippen molar-refractivity contribution in [3.05, 3.63) is 33.6 Å². The van der Waals surface area contributed by atoms with Crippen LogP contribution in [0.3, 0.4) is 0 Å². The summed E-state index contributed by atoms with van der Waals surface area (Å²) in [4.78, 5) is 4.61. The van der Waals surface area contributed by atoms with Gasteiger partial charge in [-0.05, 0) is 25.2 Å². The van der Waals surface area contributed by atoms with Crippen LogP contribution < -0.4 is 10.1 Å². The van der Waals surface area contributed by atoms with Crippen LogP contribution in [0.4, 0.5) is 0 Å². The summed E-state index contributed by atoms with van der Waals surface area (Å²) in [7, 11) is 3.59. The van der Waals surface area contributed by atoms with Crippen molar-refractivity contribution in [1.29, 1.82) is 0 Å². The number of benzene rings is 1. The van der Waals surface area contributed by atoms with Crippen LogP contribution in [0.5, 0.6) is 5.75 Å². The van der Waals surface area contributed by atoms with Crippen LogP contribution in [0, 0.1) is 0 Å². The molecule has 96 valence electrons. The van der Waals surface area contributed by atoms with Crippen LogP contribution in [-0.2, 0) is 6.42 Å². The van der Waals surface area contributed by atoms with E-state index < -0.39 is 0 Å². The molecule has 3 nitrogen and oxygen atoms in total. The number of hydrogen-bond acceptors (Lipinski definition) is 4. The van der Waals surface area contributed by atoms with E-state index in [1.54, 1.807) is 18.4 Å². The topological polar surface area (TPSA) is 34.2 Å². The number of aromatic nitrogens is 1. The molecule has 1 heterocycles. The van der Waals surface area contributed by atoms with Crippen LogP contribution in [-0.4, -0.2) is 25.7 Å². The van der Waals surface area contributed by atoms with Crippen LogP contribution in [0.15, 0.2) is 23.6 Å². The fourth-order valence-electron chi connectivity index (χ4n) is 1.66. The Balaban J connectivity index is 2.30. The molecule has 0 unspecified atom stereocenters. The van der Waals surface area contributed by atoms with Crippen molar-refractivity contribution in [2.75, 3.05) is 20.7 Å². The van der Waals surface area contributed by atoms with Crippen molar-refractivity contribution in [2.45, 2.75) is 6.42 Å². The smallest absolute Gasteiger partial charge is 0.128 e. The zero-order valence-electron chi connectivity index (χ0n) is 10.4. The largest absolute Gasteiger partial charge is 0.496 e. The van der Waals surface area contributed by atoms with E-state index in [4.69, 9.17) is 16.3 Å². The quantitative estimate of drug-likeness (QED) is 0.914. The fraction of sp³-hybridized carbons (Fsp3) is 0.308. The molecule has 0 atom stereocenters. The third-order valence-electron chi connectivity index (χ3n) is 2.58. The van der Waals surface area contributed by atoms with Crippen molar-refractivity contribution in [3.63, 3.8) is 0 Å². The molecule has 1 aromatic carbocycles. The van der Waals surface area contributed by atoms with E-state index in [0.717, 1.165) is 35.0 Å². The summed E-state index contributed by atoms with van der Waals surface area (Å²) in [6.07, 6.45) is 0.935. The molecular weight excluding hydrogens is 268 g/mol. The molecule has 0 fully saturated rings. The minimum Gasteiger partial charge on any atom is -0.496 e. The summed E-state index contributed by atoms with van der Waals surface area (Å²) in [5.41, 5.74) is 1.86. The number of thiazole rings is 1. The van der Waals surface area contributed by atoms with Crippen molar-refractivity contribution in [1.82, 2.24) is 10.3 Å². The maximum atomic E-state index is 6.02. The Kier molecular flexibility index (Phi) is 4.58. The van der Waals surface area contributed by atoms with Crippen molar-refractivity contribution >= 4 is 22.9 Å². The lowest BCUT2D eigenvalue weighted by molar-refractivity contribution is 0.416. The number of likely N-dealkylation sites (N-methyl/N-ethyl adjacent to an activating group) is 1. The molecule has 0 bridgehead atoms. The molecule has 0 saturated carbocycles. The zero-order valence-corrected chi connectivity index (χ0v) is 11.9. The monoisotopic (exact) mass is 282 g/mol. The first-order valence-electron chi connectivity index (χ1n) is 5.67. The van der Waals surface area contributed by atoms with Gasteiger partial charge >= 0.3 is 0 Å². The Bertz CT molecular complexity index is 527. The van der Waals surface area contributed by atoms with Crippen LogP contribution in [0.2, 0.25) is 5.02 Å². The summed E-state index contributed by atoms with van der Waals surface area (Å²) in [6, 6.07) is 5.57. The van der Waals surface area contributed by atoms with Gasteiger partial charge in [0, 0.05) is 28.9 Å². The number of nitrogens with zero attached hydrogens (tertiary/aromatic N) is 1. The van der Waals surface area contributed by atoms with Gasteiger partial charge in [0.2, 0.25) is 0 Å². The second kappa shape index (κ2) is 6.18. The minimum absolute atomic E-state index is 0.690. The van der Waals surface area contributed by atoms with Gasteiger partial charge in [0.1, 0.15) is 5.75 Å². The highest BCUT2D eigenvalue weighted by Gasteiger charge is 2.10. The highest BCUT2D eigenvalue weighted by molar-refractivity contribution is 7.09. The van der Waals surface area contributed by atoms with E-state index in [2.05, 4.69) is 10.3 Å². The van der Waals surface area contributed by atoms with E-state index >= 15 is 0 Å². The predicted molar refractivity (Wildman–Crippen MR) is 76.7 cm³/mol. The highest BCUT2D eigenvalue weighted by Crippen LogP contribution is 2.33. The molecule has 0 aliphatic rings. The van der Waals surface area contributed by atoms with E-state index in [-0.39, 0.29) is 0 Å². The van der Waals surface area contributed by atoms with Crippen molar-refractivity contribution < 1.29 is 4.74 Å². The molecule has 0 spiro atoms. The average molecular weight is 283 g/mol. The molecule has 0 saturated heterocycles. The Morgan fingerprint density at radius 3 is 3.00 bits per heavy atom. The van der Waals surface area contributed by atoms with Gasteiger partial charge in [0.25, 0.3) is 0 Å². The SMILES string of the molecule is CNCCc1nc(-c2cc(Cl)ccc2OC)cs1. The lowest BCUT2D eigenvalue weighted by atomic mass is 10.1. The number of nitrogens with one attached hydrogen (secondary N) is 1. The zero-order chi connectivity index (χ0) is 13.0. The van der Waals surface area contributed by atoms with Gasteiger partial charge < -0.3 is 10.1 Å². The number of rotatable bonds is 5. The number of ether oxygens (including phenoxy) is 1.